The highest BCUT2D eigenvalue weighted by Crippen LogP contribution is 2.19. The van der Waals surface area contributed by atoms with E-state index in [1.54, 1.807) is 51.1 Å². The van der Waals surface area contributed by atoms with Crippen molar-refractivity contribution in [3.05, 3.63) is 71.8 Å². The van der Waals surface area contributed by atoms with Crippen LogP contribution in [0.3, 0.4) is 0 Å². The van der Waals surface area contributed by atoms with Crippen molar-refractivity contribution < 1.29 is 29.3 Å². The van der Waals surface area contributed by atoms with Crippen LogP contribution in [0, 0.1) is 5.41 Å². The minimum Gasteiger partial charge on any atom is -0.448 e. The SMILES string of the molecule is CC(C)(C)C(=O)C(=O)NCC(O)(O)C(Cc1ccccc1)N(N)C(=O)OCCCCc1ccccc1. The lowest BCUT2D eigenvalue weighted by Crippen LogP contribution is -2.63. The summed E-state index contributed by atoms with van der Waals surface area (Å²) in [5.74, 6) is 1.68. The number of hydrogen-bond acceptors (Lipinski definition) is 7. The molecule has 2 rings (SSSR count). The molecule has 36 heavy (non-hydrogen) atoms. The molecule has 0 saturated heterocycles. The molecule has 2 aromatic carbocycles. The number of carbonyl (C=O) groups is 3. The fourth-order valence-electron chi connectivity index (χ4n) is 3.51. The van der Waals surface area contributed by atoms with Crippen LogP contribution in [0.4, 0.5) is 4.79 Å². The van der Waals surface area contributed by atoms with Gasteiger partial charge in [-0.1, -0.05) is 81.4 Å². The van der Waals surface area contributed by atoms with E-state index in [0.29, 0.717) is 17.0 Å². The first-order valence-corrected chi connectivity index (χ1v) is 12.0. The Hall–Kier alpha value is -3.27. The molecule has 0 aliphatic rings. The molecule has 0 aromatic heterocycles. The standard InChI is InChI=1S/C27H37N3O6/c1-26(2,3)23(31)24(32)29-19-27(34,35)22(18-21-15-8-5-9-16-21)30(28)25(33)36-17-11-10-14-20-12-6-4-7-13-20/h4-9,12-13,15-16,22,34-35H,10-11,14,17-19,28H2,1-3H3,(H,29,32). The molecule has 0 radical (unpaired) electrons. The second kappa shape index (κ2) is 13.2. The second-order valence-electron chi connectivity index (χ2n) is 9.81. The molecule has 0 saturated carbocycles. The number of Topliss-reactive ketones (excluding diaryl/α,β-unsaturated/α-hetero) is 1. The van der Waals surface area contributed by atoms with Crippen molar-refractivity contribution in [2.75, 3.05) is 13.2 Å². The van der Waals surface area contributed by atoms with E-state index in [0.717, 1.165) is 12.8 Å². The molecule has 1 atom stereocenters. The molecular weight excluding hydrogens is 462 g/mol. The number of rotatable bonds is 12. The van der Waals surface area contributed by atoms with Crippen molar-refractivity contribution in [1.29, 1.82) is 0 Å². The minimum atomic E-state index is -2.65. The van der Waals surface area contributed by atoms with E-state index in [1.165, 1.54) is 5.56 Å². The van der Waals surface area contributed by atoms with Crippen LogP contribution in [0.25, 0.3) is 0 Å². The average Bonchev–Trinajstić information content (AvgIpc) is 2.85. The average molecular weight is 500 g/mol. The number of amides is 2. The number of hydrazine groups is 1. The van der Waals surface area contributed by atoms with E-state index in [9.17, 15) is 24.6 Å². The van der Waals surface area contributed by atoms with Gasteiger partial charge in [-0.05, 0) is 36.8 Å². The number of nitrogens with one attached hydrogen (secondary N) is 1. The molecule has 0 heterocycles. The smallest absolute Gasteiger partial charge is 0.424 e. The highest BCUT2D eigenvalue weighted by Gasteiger charge is 2.42. The molecule has 2 aromatic rings. The molecule has 196 valence electrons. The van der Waals surface area contributed by atoms with Crippen LogP contribution in [-0.2, 0) is 27.2 Å². The topological polar surface area (TPSA) is 142 Å². The molecule has 5 N–H and O–H groups in total. The van der Waals surface area contributed by atoms with Gasteiger partial charge in [0, 0.05) is 5.41 Å². The molecule has 1 unspecified atom stereocenters. The van der Waals surface area contributed by atoms with Gasteiger partial charge in [-0.25, -0.2) is 15.6 Å². The number of ether oxygens (including phenoxy) is 1. The predicted molar refractivity (Wildman–Crippen MR) is 135 cm³/mol. The molecule has 9 heteroatoms. The largest absolute Gasteiger partial charge is 0.448 e. The maximum Gasteiger partial charge on any atom is 0.424 e. The Kier molecular flexibility index (Phi) is 10.6. The van der Waals surface area contributed by atoms with Crippen LogP contribution in [-0.4, -0.2) is 58.0 Å². The summed E-state index contributed by atoms with van der Waals surface area (Å²) in [6.45, 7) is 4.13. The van der Waals surface area contributed by atoms with Gasteiger partial charge in [-0.2, -0.15) is 0 Å². The number of benzene rings is 2. The Balaban J connectivity index is 2.01. The van der Waals surface area contributed by atoms with Crippen molar-refractivity contribution >= 4 is 17.8 Å². The van der Waals surface area contributed by atoms with Gasteiger partial charge in [-0.15, -0.1) is 0 Å². The summed E-state index contributed by atoms with van der Waals surface area (Å²) in [6.07, 6.45) is 1.28. The Morgan fingerprint density at radius 1 is 0.944 bits per heavy atom. The zero-order chi connectivity index (χ0) is 26.8. The van der Waals surface area contributed by atoms with E-state index in [1.807, 2.05) is 30.3 Å². The van der Waals surface area contributed by atoms with Gasteiger partial charge in [-0.3, -0.25) is 9.59 Å². The maximum absolute atomic E-state index is 12.6. The van der Waals surface area contributed by atoms with E-state index in [-0.39, 0.29) is 13.0 Å². The molecule has 9 nitrogen and oxygen atoms in total. The summed E-state index contributed by atoms with van der Waals surface area (Å²) in [7, 11) is 0. The first-order chi connectivity index (χ1) is 16.9. The Bertz CT molecular complexity index is 990. The number of nitrogens with two attached hydrogens (primary N) is 1. The number of carbonyl (C=O) groups excluding carboxylic acids is 3. The summed E-state index contributed by atoms with van der Waals surface area (Å²) < 4.78 is 5.26. The van der Waals surface area contributed by atoms with Crippen molar-refractivity contribution in [3.8, 4) is 0 Å². The first kappa shape index (κ1) is 29.0. The Morgan fingerprint density at radius 2 is 1.50 bits per heavy atom. The molecule has 0 bridgehead atoms. The van der Waals surface area contributed by atoms with Gasteiger partial charge in [0.05, 0.1) is 13.2 Å². The van der Waals surface area contributed by atoms with Gasteiger partial charge in [0.15, 0.2) is 0 Å². The number of ketones is 1. The van der Waals surface area contributed by atoms with Crippen LogP contribution in [0.15, 0.2) is 60.7 Å². The Morgan fingerprint density at radius 3 is 2.06 bits per heavy atom. The molecule has 0 spiro atoms. The quantitative estimate of drug-likeness (QED) is 0.0877. The normalized spacial score (nSPS) is 12.5. The maximum atomic E-state index is 12.6. The third kappa shape index (κ3) is 9.07. The highest BCUT2D eigenvalue weighted by atomic mass is 16.6. The lowest BCUT2D eigenvalue weighted by molar-refractivity contribution is -0.200. The third-order valence-corrected chi connectivity index (χ3v) is 5.68. The molecule has 0 aliphatic heterocycles. The molecule has 2 amide bonds. The highest BCUT2D eigenvalue weighted by molar-refractivity contribution is 6.37. The summed E-state index contributed by atoms with van der Waals surface area (Å²) in [5.41, 5.74) is 0.924. The van der Waals surface area contributed by atoms with Gasteiger partial charge in [0.1, 0.15) is 6.04 Å². The van der Waals surface area contributed by atoms with Crippen LogP contribution in [0.2, 0.25) is 0 Å². The van der Waals surface area contributed by atoms with Crippen molar-refractivity contribution in [2.45, 2.75) is 58.3 Å². The van der Waals surface area contributed by atoms with Crippen molar-refractivity contribution in [1.82, 2.24) is 10.3 Å². The number of unbranched alkanes of at least 4 members (excludes halogenated alkanes) is 1. The van der Waals surface area contributed by atoms with Crippen LogP contribution >= 0.6 is 0 Å². The fourth-order valence-corrected chi connectivity index (χ4v) is 3.51. The van der Waals surface area contributed by atoms with Crippen LogP contribution in [0.1, 0.15) is 44.7 Å². The van der Waals surface area contributed by atoms with Gasteiger partial charge >= 0.3 is 6.09 Å². The zero-order valence-electron chi connectivity index (χ0n) is 21.1. The molecule has 0 fully saturated rings. The third-order valence-electron chi connectivity index (χ3n) is 5.68. The molecular formula is C27H37N3O6. The van der Waals surface area contributed by atoms with Crippen LogP contribution < -0.4 is 11.2 Å². The first-order valence-electron chi connectivity index (χ1n) is 12.0. The van der Waals surface area contributed by atoms with Crippen LogP contribution in [0.5, 0.6) is 0 Å². The number of hydrogen-bond donors (Lipinski definition) is 4. The van der Waals surface area contributed by atoms with E-state index in [4.69, 9.17) is 10.6 Å². The summed E-state index contributed by atoms with van der Waals surface area (Å²) in [6, 6.07) is 17.4. The molecule has 0 aliphatic carbocycles. The fraction of sp³-hybridized carbons (Fsp3) is 0.444. The summed E-state index contributed by atoms with van der Waals surface area (Å²) >= 11 is 0. The minimum absolute atomic E-state index is 0.0312. The monoisotopic (exact) mass is 499 g/mol. The van der Waals surface area contributed by atoms with Crippen molar-refractivity contribution in [2.24, 2.45) is 11.3 Å². The number of aryl methyl sites for hydroxylation is 1. The summed E-state index contributed by atoms with van der Waals surface area (Å²) in [4.78, 5) is 37.0. The number of nitrogens with zero attached hydrogens (tertiary/aromatic N) is 1. The zero-order valence-corrected chi connectivity index (χ0v) is 21.1. The van der Waals surface area contributed by atoms with E-state index < -0.39 is 41.6 Å². The van der Waals surface area contributed by atoms with Crippen molar-refractivity contribution in [3.63, 3.8) is 0 Å². The predicted octanol–water partition coefficient (Wildman–Crippen LogP) is 2.35. The summed E-state index contributed by atoms with van der Waals surface area (Å²) in [5, 5.41) is 24.5. The van der Waals surface area contributed by atoms with E-state index in [2.05, 4.69) is 5.32 Å². The number of aliphatic hydroxyl groups is 2. The lowest BCUT2D eigenvalue weighted by Gasteiger charge is -2.36. The van der Waals surface area contributed by atoms with Gasteiger partial charge < -0.3 is 20.3 Å². The second-order valence-corrected chi connectivity index (χ2v) is 9.81. The van der Waals surface area contributed by atoms with E-state index >= 15 is 0 Å². The lowest BCUT2D eigenvalue weighted by atomic mass is 9.90. The Labute approximate surface area is 212 Å². The van der Waals surface area contributed by atoms with Gasteiger partial charge in [0.25, 0.3) is 5.91 Å². The van der Waals surface area contributed by atoms with Gasteiger partial charge in [0.2, 0.25) is 11.6 Å².